The number of hydrogen-bond donors (Lipinski definition) is 2. The van der Waals surface area contributed by atoms with Gasteiger partial charge in [0.05, 0.1) is 13.2 Å². The van der Waals surface area contributed by atoms with E-state index >= 15 is 0 Å². The van der Waals surface area contributed by atoms with Crippen LogP contribution >= 0.6 is 22.6 Å². The van der Waals surface area contributed by atoms with Gasteiger partial charge in [0.1, 0.15) is 6.04 Å². The molecule has 0 spiro atoms. The van der Waals surface area contributed by atoms with Crippen molar-refractivity contribution in [3.05, 3.63) is 0 Å². The highest BCUT2D eigenvalue weighted by Gasteiger charge is 2.28. The number of carboxylic acids is 1. The molecule has 1 heterocycles. The predicted molar refractivity (Wildman–Crippen MR) is 45.5 cm³/mol. The Morgan fingerprint density at radius 3 is 3.00 bits per heavy atom. The molecule has 1 aliphatic rings. The lowest BCUT2D eigenvalue weighted by molar-refractivity contribution is -0.145. The van der Waals surface area contributed by atoms with Crippen LogP contribution in [0.2, 0.25) is 0 Å². The fourth-order valence-corrected chi connectivity index (χ4v) is 1.89. The number of ether oxygens (including phenoxy) is 1. The van der Waals surface area contributed by atoms with E-state index in [-0.39, 0.29) is 6.61 Å². The maximum atomic E-state index is 10.6. The number of hydrogen-bond acceptors (Lipinski definition) is 5. The smallest absolute Gasteiger partial charge is 0.324 e. The molecule has 0 amide bonds. The molecule has 6 heteroatoms. The van der Waals surface area contributed by atoms with Gasteiger partial charge in [-0.15, -0.1) is 0 Å². The van der Waals surface area contributed by atoms with Crippen molar-refractivity contribution < 1.29 is 14.6 Å². The molecule has 0 bridgehead atoms. The van der Waals surface area contributed by atoms with Crippen LogP contribution in [0.5, 0.6) is 0 Å². The van der Waals surface area contributed by atoms with Crippen LogP contribution in [0.15, 0.2) is 0 Å². The van der Waals surface area contributed by atoms with Gasteiger partial charge in [-0.3, -0.25) is 4.79 Å². The number of aliphatic carboxylic acids is 1. The summed E-state index contributed by atoms with van der Waals surface area (Å²) in [5.74, 6) is -0.855. The summed E-state index contributed by atoms with van der Waals surface area (Å²) in [7, 11) is 1.15. The number of carbonyl (C=O) groups is 1. The molecule has 0 aromatic carbocycles. The molecule has 1 N–H and O–H groups in total. The Labute approximate surface area is 73.8 Å². The second kappa shape index (κ2) is 4.20. The molecule has 0 radical (unpaired) electrons. The summed E-state index contributed by atoms with van der Waals surface area (Å²) in [4.78, 5) is 10.6. The third-order valence-corrected chi connectivity index (χ3v) is 2.75. The van der Waals surface area contributed by atoms with Crippen molar-refractivity contribution in [3.8, 4) is 0 Å². The van der Waals surface area contributed by atoms with Crippen LogP contribution in [0, 0.1) is 0 Å². The number of rotatable bonds is 2. The summed E-state index contributed by atoms with van der Waals surface area (Å²) in [6, 6.07) is -0.550. The second-order valence-corrected chi connectivity index (χ2v) is 3.27. The largest absolute Gasteiger partial charge is 0.480 e. The van der Waals surface area contributed by atoms with Crippen LogP contribution in [0.1, 0.15) is 0 Å². The molecule has 4 nitrogen and oxygen atoms in total. The Morgan fingerprint density at radius 2 is 2.55 bits per heavy atom. The van der Waals surface area contributed by atoms with Gasteiger partial charge in [-0.1, -0.05) is 11.7 Å². The average molecular weight is 195 g/mol. The molecule has 0 aromatic rings. The van der Waals surface area contributed by atoms with Crippen LogP contribution in [-0.2, 0) is 9.53 Å². The van der Waals surface area contributed by atoms with E-state index in [9.17, 15) is 4.79 Å². The standard InChI is InChI=1S/C5H9NO3S2/c7-5(8)4-3-9-2-1-6(4)11-10/h4,10H,1-3H2,(H,7,8). The van der Waals surface area contributed by atoms with Crippen LogP contribution < -0.4 is 0 Å². The molecule has 1 saturated heterocycles. The number of nitrogens with zero attached hydrogens (tertiary/aromatic N) is 1. The predicted octanol–water partition coefficient (Wildman–Crippen LogP) is 0.265. The van der Waals surface area contributed by atoms with Gasteiger partial charge < -0.3 is 9.84 Å². The summed E-state index contributed by atoms with van der Waals surface area (Å²) < 4.78 is 6.70. The van der Waals surface area contributed by atoms with E-state index < -0.39 is 12.0 Å². The monoisotopic (exact) mass is 195 g/mol. The van der Waals surface area contributed by atoms with Crippen molar-refractivity contribution in [3.63, 3.8) is 0 Å². The molecule has 0 aromatic heterocycles. The number of thiol groups is 1. The lowest BCUT2D eigenvalue weighted by atomic mass is 10.3. The van der Waals surface area contributed by atoms with Gasteiger partial charge in [-0.2, -0.15) is 0 Å². The molecule has 1 aliphatic heterocycles. The minimum Gasteiger partial charge on any atom is -0.480 e. The normalized spacial score (nSPS) is 26.8. The molecule has 0 aliphatic carbocycles. The Hall–Kier alpha value is 0.0900. The first-order chi connectivity index (χ1) is 5.25. The second-order valence-electron chi connectivity index (χ2n) is 2.15. The highest BCUT2D eigenvalue weighted by atomic mass is 33.1. The maximum absolute atomic E-state index is 10.6. The molecule has 1 atom stereocenters. The first kappa shape index (κ1) is 9.18. The zero-order valence-electron chi connectivity index (χ0n) is 5.77. The van der Waals surface area contributed by atoms with Gasteiger partial charge in [-0.25, -0.2) is 4.31 Å². The molecule has 0 saturated carbocycles. The summed E-state index contributed by atoms with van der Waals surface area (Å²) >= 11 is 3.94. The molecule has 1 rings (SSSR count). The Morgan fingerprint density at radius 1 is 1.82 bits per heavy atom. The summed E-state index contributed by atoms with van der Waals surface area (Å²) in [6.07, 6.45) is 0. The van der Waals surface area contributed by atoms with Gasteiger partial charge in [0.2, 0.25) is 0 Å². The van der Waals surface area contributed by atoms with Crippen LogP contribution in [0.3, 0.4) is 0 Å². The highest BCUT2D eigenvalue weighted by Crippen LogP contribution is 2.20. The molecule has 1 unspecified atom stereocenters. The van der Waals surface area contributed by atoms with Crippen molar-refractivity contribution >= 4 is 28.6 Å². The van der Waals surface area contributed by atoms with Crippen LogP contribution in [-0.4, -0.2) is 41.2 Å². The van der Waals surface area contributed by atoms with E-state index in [1.165, 1.54) is 0 Å². The Kier molecular flexibility index (Phi) is 3.50. The lowest BCUT2D eigenvalue weighted by Gasteiger charge is -2.29. The third-order valence-electron chi connectivity index (χ3n) is 1.47. The Bertz CT molecular complexity index is 155. The first-order valence-electron chi connectivity index (χ1n) is 3.14. The van der Waals surface area contributed by atoms with E-state index in [2.05, 4.69) is 11.7 Å². The molecular formula is C5H9NO3S2. The average Bonchev–Trinajstić information content (AvgIpc) is 2.04. The van der Waals surface area contributed by atoms with E-state index in [0.29, 0.717) is 13.2 Å². The molecular weight excluding hydrogens is 186 g/mol. The molecule has 1 fully saturated rings. The number of morpholine rings is 1. The van der Waals surface area contributed by atoms with Gasteiger partial charge >= 0.3 is 5.97 Å². The lowest BCUT2D eigenvalue weighted by Crippen LogP contribution is -2.45. The van der Waals surface area contributed by atoms with Crippen molar-refractivity contribution in [2.75, 3.05) is 19.8 Å². The van der Waals surface area contributed by atoms with Gasteiger partial charge in [-0.05, 0) is 11.0 Å². The van der Waals surface area contributed by atoms with Gasteiger partial charge in [0, 0.05) is 6.54 Å². The SMILES string of the molecule is O=C(O)C1COCCN1SS. The zero-order chi connectivity index (χ0) is 8.27. The first-order valence-corrected chi connectivity index (χ1v) is 4.97. The van der Waals surface area contributed by atoms with Crippen molar-refractivity contribution in [2.45, 2.75) is 6.04 Å². The maximum Gasteiger partial charge on any atom is 0.324 e. The molecule has 64 valence electrons. The quantitative estimate of drug-likeness (QED) is 0.376. The van der Waals surface area contributed by atoms with E-state index in [1.54, 1.807) is 4.31 Å². The fraction of sp³-hybridized carbons (Fsp3) is 0.800. The fourth-order valence-electron chi connectivity index (χ4n) is 0.881. The van der Waals surface area contributed by atoms with Gasteiger partial charge in [0.25, 0.3) is 0 Å². The third kappa shape index (κ3) is 2.26. The summed E-state index contributed by atoms with van der Waals surface area (Å²) in [5.41, 5.74) is 0. The van der Waals surface area contributed by atoms with E-state index in [4.69, 9.17) is 9.84 Å². The summed E-state index contributed by atoms with van der Waals surface area (Å²) in [5, 5.41) is 8.67. The summed E-state index contributed by atoms with van der Waals surface area (Å²) in [6.45, 7) is 1.45. The van der Waals surface area contributed by atoms with Gasteiger partial charge in [0.15, 0.2) is 0 Å². The van der Waals surface area contributed by atoms with Crippen LogP contribution in [0.4, 0.5) is 0 Å². The van der Waals surface area contributed by atoms with Crippen molar-refractivity contribution in [1.82, 2.24) is 4.31 Å². The minimum atomic E-state index is -0.855. The Balaban J connectivity index is 2.51. The van der Waals surface area contributed by atoms with Crippen LogP contribution in [0.25, 0.3) is 0 Å². The van der Waals surface area contributed by atoms with E-state index in [0.717, 1.165) is 11.0 Å². The van der Waals surface area contributed by atoms with E-state index in [1.807, 2.05) is 0 Å². The minimum absolute atomic E-state index is 0.253. The zero-order valence-corrected chi connectivity index (χ0v) is 7.48. The van der Waals surface area contributed by atoms with Crippen molar-refractivity contribution in [1.29, 1.82) is 0 Å². The van der Waals surface area contributed by atoms with Crippen molar-refractivity contribution in [2.24, 2.45) is 0 Å². The molecule has 11 heavy (non-hydrogen) atoms. The topological polar surface area (TPSA) is 49.8 Å². The number of carboxylic acid groups (broad SMARTS) is 1. The highest BCUT2D eigenvalue weighted by molar-refractivity contribution is 8.67.